The Bertz CT molecular complexity index is 326. The molecule has 0 bridgehead atoms. The third-order valence-electron chi connectivity index (χ3n) is 2.79. The van der Waals surface area contributed by atoms with E-state index in [1.807, 2.05) is 17.7 Å². The highest BCUT2D eigenvalue weighted by Crippen LogP contribution is 2.19. The van der Waals surface area contributed by atoms with Gasteiger partial charge in [-0.1, -0.05) is 12.8 Å². The van der Waals surface area contributed by atoms with Crippen LogP contribution in [0.2, 0.25) is 0 Å². The van der Waals surface area contributed by atoms with Crippen LogP contribution in [-0.4, -0.2) is 11.9 Å². The summed E-state index contributed by atoms with van der Waals surface area (Å²) in [7, 11) is 0. The number of thiophene rings is 1. The van der Waals surface area contributed by atoms with E-state index in [9.17, 15) is 4.79 Å². The zero-order valence-electron chi connectivity index (χ0n) is 8.38. The predicted octanol–water partition coefficient (Wildman–Crippen LogP) is 2.73. The van der Waals surface area contributed by atoms with Crippen LogP contribution in [-0.2, 0) is 0 Å². The second-order valence-electron chi connectivity index (χ2n) is 3.92. The van der Waals surface area contributed by atoms with E-state index in [1.54, 1.807) is 11.3 Å². The van der Waals surface area contributed by atoms with Gasteiger partial charge in [-0.3, -0.25) is 4.79 Å². The molecular formula is C11H15NOS. The Morgan fingerprint density at radius 1 is 1.43 bits per heavy atom. The fraction of sp³-hybridized carbons (Fsp3) is 0.545. The lowest BCUT2D eigenvalue weighted by Crippen LogP contribution is -2.32. The summed E-state index contributed by atoms with van der Waals surface area (Å²) in [6.07, 6.45) is 4.81. The Labute approximate surface area is 88.3 Å². The van der Waals surface area contributed by atoms with E-state index < -0.39 is 0 Å². The lowest BCUT2D eigenvalue weighted by molar-refractivity contribution is 0.0938. The molecule has 1 saturated carbocycles. The first-order valence-corrected chi connectivity index (χ1v) is 6.05. The maximum absolute atomic E-state index is 11.8. The number of rotatable bonds is 2. The van der Waals surface area contributed by atoms with Crippen molar-refractivity contribution in [3.63, 3.8) is 0 Å². The molecule has 1 fully saturated rings. The molecular weight excluding hydrogens is 194 g/mol. The van der Waals surface area contributed by atoms with Gasteiger partial charge in [-0.05, 0) is 30.7 Å². The largest absolute Gasteiger partial charge is 0.349 e. The summed E-state index contributed by atoms with van der Waals surface area (Å²) >= 11 is 1.59. The number of hydrogen-bond donors (Lipinski definition) is 1. The van der Waals surface area contributed by atoms with Crippen molar-refractivity contribution < 1.29 is 4.79 Å². The smallest absolute Gasteiger partial charge is 0.252 e. The second-order valence-corrected chi connectivity index (χ2v) is 4.67. The van der Waals surface area contributed by atoms with Crippen LogP contribution in [0.4, 0.5) is 0 Å². The monoisotopic (exact) mass is 209 g/mol. The van der Waals surface area contributed by atoms with E-state index in [1.165, 1.54) is 12.8 Å². The molecule has 0 aromatic carbocycles. The summed E-state index contributed by atoms with van der Waals surface area (Å²) in [6.45, 7) is 1.99. The Hall–Kier alpha value is -0.830. The maximum Gasteiger partial charge on any atom is 0.252 e. The Morgan fingerprint density at radius 3 is 2.71 bits per heavy atom. The summed E-state index contributed by atoms with van der Waals surface area (Å²) in [5.74, 6) is 0.107. The fourth-order valence-corrected chi connectivity index (χ4v) is 2.75. The van der Waals surface area contributed by atoms with E-state index in [0.29, 0.717) is 6.04 Å². The van der Waals surface area contributed by atoms with Crippen LogP contribution < -0.4 is 5.32 Å². The van der Waals surface area contributed by atoms with Crippen LogP contribution in [0.1, 0.15) is 41.6 Å². The SMILES string of the molecule is Cc1cscc1C(=O)NC1CCCC1. The second kappa shape index (κ2) is 4.13. The van der Waals surface area contributed by atoms with Crippen molar-refractivity contribution in [3.05, 3.63) is 21.9 Å². The molecule has 0 atom stereocenters. The summed E-state index contributed by atoms with van der Waals surface area (Å²) in [4.78, 5) is 11.8. The topological polar surface area (TPSA) is 29.1 Å². The van der Waals surface area contributed by atoms with Gasteiger partial charge < -0.3 is 5.32 Å². The van der Waals surface area contributed by atoms with Gasteiger partial charge in [0.2, 0.25) is 0 Å². The highest BCUT2D eigenvalue weighted by Gasteiger charge is 2.18. The number of aryl methyl sites for hydroxylation is 1. The number of carbonyl (C=O) groups is 1. The Kier molecular flexibility index (Phi) is 2.87. The van der Waals surface area contributed by atoms with E-state index in [0.717, 1.165) is 24.0 Å². The van der Waals surface area contributed by atoms with Gasteiger partial charge >= 0.3 is 0 Å². The van der Waals surface area contributed by atoms with Crippen molar-refractivity contribution in [1.29, 1.82) is 0 Å². The fourth-order valence-electron chi connectivity index (χ4n) is 1.93. The van der Waals surface area contributed by atoms with Gasteiger partial charge in [-0.15, -0.1) is 0 Å². The van der Waals surface area contributed by atoms with Gasteiger partial charge in [-0.25, -0.2) is 0 Å². The zero-order chi connectivity index (χ0) is 9.97. The Morgan fingerprint density at radius 2 is 2.14 bits per heavy atom. The molecule has 1 amide bonds. The standard InChI is InChI=1S/C11H15NOS/c1-8-6-14-7-10(8)11(13)12-9-4-2-3-5-9/h6-7,9H,2-5H2,1H3,(H,12,13). The summed E-state index contributed by atoms with van der Waals surface area (Å²) in [5, 5.41) is 7.04. The molecule has 2 rings (SSSR count). The molecule has 0 aliphatic heterocycles. The molecule has 0 spiro atoms. The number of hydrogen-bond acceptors (Lipinski definition) is 2. The minimum absolute atomic E-state index is 0.107. The predicted molar refractivity (Wildman–Crippen MR) is 58.8 cm³/mol. The van der Waals surface area contributed by atoms with E-state index in [2.05, 4.69) is 5.32 Å². The number of carbonyl (C=O) groups excluding carboxylic acids is 1. The quantitative estimate of drug-likeness (QED) is 0.797. The number of nitrogens with one attached hydrogen (secondary N) is 1. The van der Waals surface area contributed by atoms with Gasteiger partial charge in [0.05, 0.1) is 5.56 Å². The van der Waals surface area contributed by atoms with Crippen molar-refractivity contribution >= 4 is 17.2 Å². The molecule has 1 aromatic heterocycles. The minimum Gasteiger partial charge on any atom is -0.349 e. The first-order chi connectivity index (χ1) is 6.77. The average Bonchev–Trinajstić information content (AvgIpc) is 2.75. The normalized spacial score (nSPS) is 17.2. The molecule has 2 nitrogen and oxygen atoms in total. The summed E-state index contributed by atoms with van der Waals surface area (Å²) in [6, 6.07) is 0.418. The van der Waals surface area contributed by atoms with Crippen LogP contribution in [0.5, 0.6) is 0 Å². The molecule has 0 unspecified atom stereocenters. The molecule has 3 heteroatoms. The lowest BCUT2D eigenvalue weighted by atomic mass is 10.2. The molecule has 76 valence electrons. The molecule has 0 saturated heterocycles. The third kappa shape index (κ3) is 1.98. The molecule has 1 heterocycles. The van der Waals surface area contributed by atoms with Gasteiger partial charge in [0.15, 0.2) is 0 Å². The van der Waals surface area contributed by atoms with Crippen molar-refractivity contribution in [2.75, 3.05) is 0 Å². The Balaban J connectivity index is 1.98. The lowest BCUT2D eigenvalue weighted by Gasteiger charge is -2.11. The van der Waals surface area contributed by atoms with E-state index >= 15 is 0 Å². The molecule has 1 aliphatic rings. The van der Waals surface area contributed by atoms with Gasteiger partial charge in [-0.2, -0.15) is 11.3 Å². The van der Waals surface area contributed by atoms with Crippen LogP contribution >= 0.6 is 11.3 Å². The van der Waals surface area contributed by atoms with E-state index in [4.69, 9.17) is 0 Å². The highest BCUT2D eigenvalue weighted by atomic mass is 32.1. The van der Waals surface area contributed by atoms with E-state index in [-0.39, 0.29) is 5.91 Å². The van der Waals surface area contributed by atoms with Crippen LogP contribution in [0, 0.1) is 6.92 Å². The van der Waals surface area contributed by atoms with Crippen molar-refractivity contribution in [2.24, 2.45) is 0 Å². The summed E-state index contributed by atoms with van der Waals surface area (Å²) < 4.78 is 0. The molecule has 0 radical (unpaired) electrons. The summed E-state index contributed by atoms with van der Waals surface area (Å²) in [5.41, 5.74) is 1.94. The van der Waals surface area contributed by atoms with Gasteiger partial charge in [0.1, 0.15) is 0 Å². The average molecular weight is 209 g/mol. The van der Waals surface area contributed by atoms with Crippen LogP contribution in [0.25, 0.3) is 0 Å². The van der Waals surface area contributed by atoms with Crippen molar-refractivity contribution in [1.82, 2.24) is 5.32 Å². The van der Waals surface area contributed by atoms with Gasteiger partial charge in [0, 0.05) is 11.4 Å². The molecule has 1 aromatic rings. The minimum atomic E-state index is 0.107. The van der Waals surface area contributed by atoms with Crippen LogP contribution in [0.15, 0.2) is 10.8 Å². The third-order valence-corrected chi connectivity index (χ3v) is 3.65. The van der Waals surface area contributed by atoms with Gasteiger partial charge in [0.25, 0.3) is 5.91 Å². The first kappa shape index (κ1) is 9.71. The zero-order valence-corrected chi connectivity index (χ0v) is 9.19. The maximum atomic E-state index is 11.8. The molecule has 1 N–H and O–H groups in total. The number of amides is 1. The molecule has 1 aliphatic carbocycles. The highest BCUT2D eigenvalue weighted by molar-refractivity contribution is 7.08. The van der Waals surface area contributed by atoms with Crippen molar-refractivity contribution in [2.45, 2.75) is 38.6 Å². The molecule has 14 heavy (non-hydrogen) atoms. The first-order valence-electron chi connectivity index (χ1n) is 5.11. The van der Waals surface area contributed by atoms with Crippen LogP contribution in [0.3, 0.4) is 0 Å². The van der Waals surface area contributed by atoms with Crippen molar-refractivity contribution in [3.8, 4) is 0 Å².